The highest BCUT2D eigenvalue weighted by Gasteiger charge is 2.27. The number of nitrogens with one attached hydrogen (secondary N) is 1. The first-order valence-corrected chi connectivity index (χ1v) is 12.2. The molecule has 0 aromatic heterocycles. The minimum Gasteiger partial charge on any atom is -0.354 e. The second kappa shape index (κ2) is 12.4. The Balaban J connectivity index is 2.14. The van der Waals surface area contributed by atoms with E-state index in [1.54, 1.807) is 30.0 Å². The second-order valence-electron chi connectivity index (χ2n) is 7.96. The van der Waals surface area contributed by atoms with Crippen molar-refractivity contribution in [3.63, 3.8) is 0 Å². The van der Waals surface area contributed by atoms with Gasteiger partial charge in [-0.05, 0) is 43.0 Å². The number of rotatable bonds is 10. The van der Waals surface area contributed by atoms with E-state index >= 15 is 0 Å². The van der Waals surface area contributed by atoms with Crippen LogP contribution < -0.4 is 5.32 Å². The van der Waals surface area contributed by atoms with E-state index in [1.165, 1.54) is 22.9 Å². The number of hydrogen-bond donors (Lipinski definition) is 1. The van der Waals surface area contributed by atoms with Gasteiger partial charge < -0.3 is 10.2 Å². The van der Waals surface area contributed by atoms with Crippen LogP contribution in [0.15, 0.2) is 42.5 Å². The number of hydrogen-bond acceptors (Lipinski definition) is 3. The van der Waals surface area contributed by atoms with Gasteiger partial charge in [-0.2, -0.15) is 0 Å². The summed E-state index contributed by atoms with van der Waals surface area (Å²) in [5, 5.41) is 3.87. The Labute approximate surface area is 199 Å². The molecule has 2 aromatic rings. The highest BCUT2D eigenvalue weighted by atomic mass is 35.5. The van der Waals surface area contributed by atoms with E-state index in [4.69, 9.17) is 23.2 Å². The third kappa shape index (κ3) is 7.74. The molecular formula is C24H30Cl2N2O2S. The van der Waals surface area contributed by atoms with Crippen molar-refractivity contribution in [2.45, 2.75) is 46.0 Å². The normalized spacial score (nSPS) is 12.0. The lowest BCUT2D eigenvalue weighted by Gasteiger charge is -2.29. The summed E-state index contributed by atoms with van der Waals surface area (Å²) in [6.45, 7) is 8.59. The van der Waals surface area contributed by atoms with Gasteiger partial charge in [-0.15, -0.1) is 11.8 Å². The summed E-state index contributed by atoms with van der Waals surface area (Å²) >= 11 is 14.2. The first-order chi connectivity index (χ1) is 14.7. The maximum absolute atomic E-state index is 13.2. The third-order valence-corrected chi connectivity index (χ3v) is 6.66. The van der Waals surface area contributed by atoms with Crippen molar-refractivity contribution in [2.75, 3.05) is 12.3 Å². The first kappa shape index (κ1) is 25.6. The fourth-order valence-electron chi connectivity index (χ4n) is 2.99. The Morgan fingerprint density at radius 2 is 1.68 bits per heavy atom. The summed E-state index contributed by atoms with van der Waals surface area (Å²) in [5.74, 6) is 1.00. The fraction of sp³-hybridized carbons (Fsp3) is 0.417. The number of amides is 2. The Morgan fingerprint density at radius 3 is 2.29 bits per heavy atom. The number of aryl methyl sites for hydroxylation is 1. The highest BCUT2D eigenvalue weighted by molar-refractivity contribution is 7.99. The molecular weight excluding hydrogens is 451 g/mol. The molecule has 1 atom stereocenters. The van der Waals surface area contributed by atoms with Crippen molar-refractivity contribution in [1.82, 2.24) is 10.2 Å². The second-order valence-corrected chi connectivity index (χ2v) is 9.76. The van der Waals surface area contributed by atoms with E-state index < -0.39 is 6.04 Å². The monoisotopic (exact) mass is 480 g/mol. The lowest BCUT2D eigenvalue weighted by atomic mass is 10.1. The van der Waals surface area contributed by atoms with Crippen molar-refractivity contribution < 1.29 is 9.59 Å². The van der Waals surface area contributed by atoms with Crippen molar-refractivity contribution in [1.29, 1.82) is 0 Å². The summed E-state index contributed by atoms with van der Waals surface area (Å²) in [4.78, 5) is 27.4. The lowest BCUT2D eigenvalue weighted by Crippen LogP contribution is -2.48. The quantitative estimate of drug-likeness (QED) is 0.472. The van der Waals surface area contributed by atoms with E-state index in [0.717, 1.165) is 5.75 Å². The van der Waals surface area contributed by atoms with E-state index in [2.05, 4.69) is 24.4 Å². The molecule has 0 unspecified atom stereocenters. The molecule has 4 nitrogen and oxygen atoms in total. The molecule has 0 spiro atoms. The van der Waals surface area contributed by atoms with Crippen LogP contribution in [0, 0.1) is 12.8 Å². The van der Waals surface area contributed by atoms with Gasteiger partial charge >= 0.3 is 0 Å². The largest absolute Gasteiger partial charge is 0.354 e. The van der Waals surface area contributed by atoms with Gasteiger partial charge in [-0.1, -0.05) is 67.4 Å². The van der Waals surface area contributed by atoms with E-state index in [0.29, 0.717) is 28.1 Å². The molecule has 31 heavy (non-hydrogen) atoms. The molecule has 1 N–H and O–H groups in total. The van der Waals surface area contributed by atoms with Crippen LogP contribution in [-0.2, 0) is 21.9 Å². The van der Waals surface area contributed by atoms with Crippen molar-refractivity contribution in [3.8, 4) is 0 Å². The zero-order valence-corrected chi connectivity index (χ0v) is 20.8. The average molecular weight is 481 g/mol. The third-order valence-electron chi connectivity index (χ3n) is 4.99. The number of halogens is 2. The van der Waals surface area contributed by atoms with Crippen LogP contribution in [0.1, 0.15) is 37.5 Å². The van der Waals surface area contributed by atoms with Crippen LogP contribution in [0.5, 0.6) is 0 Å². The van der Waals surface area contributed by atoms with Crippen LogP contribution in [0.25, 0.3) is 0 Å². The first-order valence-electron chi connectivity index (χ1n) is 10.3. The predicted molar refractivity (Wildman–Crippen MR) is 132 cm³/mol. The molecule has 2 amide bonds. The van der Waals surface area contributed by atoms with Gasteiger partial charge in [-0.25, -0.2) is 0 Å². The SMILES string of the molecule is Cc1ccccc1CSCC(=O)N(Cc1c(Cl)cccc1Cl)[C@H](C)C(=O)NCC(C)C. The van der Waals surface area contributed by atoms with Gasteiger partial charge in [0.05, 0.1) is 5.75 Å². The van der Waals surface area contributed by atoms with E-state index in [1.807, 2.05) is 26.0 Å². The molecule has 0 heterocycles. The Morgan fingerprint density at radius 1 is 1.03 bits per heavy atom. The molecule has 0 saturated heterocycles. The summed E-state index contributed by atoms with van der Waals surface area (Å²) in [7, 11) is 0. The van der Waals surface area contributed by atoms with Gasteiger partial charge in [0.1, 0.15) is 6.04 Å². The van der Waals surface area contributed by atoms with Crippen LogP contribution in [0.2, 0.25) is 10.0 Å². The van der Waals surface area contributed by atoms with Crippen LogP contribution >= 0.6 is 35.0 Å². The van der Waals surface area contributed by atoms with Gasteiger partial charge in [0.15, 0.2) is 0 Å². The maximum Gasteiger partial charge on any atom is 0.242 e. The number of thioether (sulfide) groups is 1. The van der Waals surface area contributed by atoms with Gasteiger partial charge in [-0.3, -0.25) is 9.59 Å². The molecule has 2 rings (SSSR count). The van der Waals surface area contributed by atoms with Gasteiger partial charge in [0.2, 0.25) is 11.8 Å². The van der Waals surface area contributed by atoms with Gasteiger partial charge in [0.25, 0.3) is 0 Å². The van der Waals surface area contributed by atoms with Crippen molar-refractivity contribution >= 4 is 46.8 Å². The minimum absolute atomic E-state index is 0.123. The molecule has 168 valence electrons. The van der Waals surface area contributed by atoms with Crippen LogP contribution in [0.3, 0.4) is 0 Å². The van der Waals surface area contributed by atoms with E-state index in [9.17, 15) is 9.59 Å². The number of carbonyl (C=O) groups is 2. The topological polar surface area (TPSA) is 49.4 Å². The molecule has 0 radical (unpaired) electrons. The molecule has 0 bridgehead atoms. The summed E-state index contributed by atoms with van der Waals surface area (Å²) in [6, 6.07) is 12.7. The maximum atomic E-state index is 13.2. The van der Waals surface area contributed by atoms with Crippen molar-refractivity contribution in [3.05, 3.63) is 69.2 Å². The minimum atomic E-state index is -0.641. The van der Waals surface area contributed by atoms with E-state index in [-0.39, 0.29) is 24.1 Å². The molecule has 7 heteroatoms. The average Bonchev–Trinajstić information content (AvgIpc) is 2.72. The van der Waals surface area contributed by atoms with Gasteiger partial charge in [0, 0.05) is 34.5 Å². The molecule has 0 aliphatic carbocycles. The molecule has 0 fully saturated rings. The Hall–Kier alpha value is -1.69. The van der Waals surface area contributed by atoms with Crippen LogP contribution in [0.4, 0.5) is 0 Å². The van der Waals surface area contributed by atoms with Crippen LogP contribution in [-0.4, -0.2) is 35.1 Å². The van der Waals surface area contributed by atoms with Crippen molar-refractivity contribution in [2.24, 2.45) is 5.92 Å². The summed E-state index contributed by atoms with van der Waals surface area (Å²) < 4.78 is 0. The predicted octanol–water partition coefficient (Wildman–Crippen LogP) is 5.72. The highest BCUT2D eigenvalue weighted by Crippen LogP contribution is 2.27. The molecule has 0 saturated carbocycles. The lowest BCUT2D eigenvalue weighted by molar-refractivity contribution is -0.138. The fourth-order valence-corrected chi connectivity index (χ4v) is 4.50. The number of carbonyl (C=O) groups excluding carboxylic acids is 2. The molecule has 0 aliphatic rings. The Bertz CT molecular complexity index is 885. The summed E-state index contributed by atoms with van der Waals surface area (Å²) in [5.41, 5.74) is 3.04. The molecule has 0 aliphatic heterocycles. The molecule has 2 aromatic carbocycles. The number of nitrogens with zero attached hydrogens (tertiary/aromatic N) is 1. The zero-order chi connectivity index (χ0) is 23.0. The zero-order valence-electron chi connectivity index (χ0n) is 18.5. The number of benzene rings is 2. The smallest absolute Gasteiger partial charge is 0.242 e. The summed E-state index contributed by atoms with van der Waals surface area (Å²) in [6.07, 6.45) is 0. The Kier molecular flexibility index (Phi) is 10.2. The standard InChI is InChI=1S/C24H30Cl2N2O2S/c1-16(2)12-27-24(30)18(4)28(13-20-21(25)10-7-11-22(20)26)23(29)15-31-14-19-9-6-5-8-17(19)3/h5-11,16,18H,12-15H2,1-4H3,(H,27,30)/t18-/m1/s1.